The smallest absolute Gasteiger partial charge is 0.126 e. The van der Waals surface area contributed by atoms with Crippen LogP contribution in [0.25, 0.3) is 11.3 Å². The molecule has 3 nitrogen and oxygen atoms in total. The van der Waals surface area contributed by atoms with Crippen molar-refractivity contribution >= 4 is 0 Å². The van der Waals surface area contributed by atoms with Crippen LogP contribution in [0.15, 0.2) is 24.4 Å². The van der Waals surface area contributed by atoms with Gasteiger partial charge in [-0.25, -0.2) is 4.39 Å². The van der Waals surface area contributed by atoms with Crippen molar-refractivity contribution in [2.24, 2.45) is 12.8 Å². The zero-order valence-corrected chi connectivity index (χ0v) is 9.37. The Morgan fingerprint density at radius 1 is 1.44 bits per heavy atom. The molecule has 0 saturated carbocycles. The molecule has 0 saturated heterocycles. The summed E-state index contributed by atoms with van der Waals surface area (Å²) in [6.07, 6.45) is 1.85. The van der Waals surface area contributed by atoms with Crippen LogP contribution in [0.3, 0.4) is 0 Å². The van der Waals surface area contributed by atoms with Gasteiger partial charge in [-0.15, -0.1) is 0 Å². The van der Waals surface area contributed by atoms with Crippen LogP contribution in [0.2, 0.25) is 0 Å². The fraction of sp³-hybridized carbons (Fsp3) is 0.250. The summed E-state index contributed by atoms with van der Waals surface area (Å²) in [4.78, 5) is 0. The highest BCUT2D eigenvalue weighted by molar-refractivity contribution is 5.63. The van der Waals surface area contributed by atoms with Crippen LogP contribution < -0.4 is 5.73 Å². The van der Waals surface area contributed by atoms with Crippen molar-refractivity contribution in [1.29, 1.82) is 0 Å². The summed E-state index contributed by atoms with van der Waals surface area (Å²) in [5.74, 6) is -0.217. The maximum absolute atomic E-state index is 13.4. The summed E-state index contributed by atoms with van der Waals surface area (Å²) in [5.41, 5.74) is 8.70. The second-order valence-electron chi connectivity index (χ2n) is 3.84. The number of aryl methyl sites for hydroxylation is 2. The molecule has 2 aromatic rings. The normalized spacial score (nSPS) is 10.8. The summed E-state index contributed by atoms with van der Waals surface area (Å²) in [6, 6.07) is 5.11. The molecule has 84 valence electrons. The molecule has 0 spiro atoms. The Balaban J connectivity index is 2.53. The maximum Gasteiger partial charge on any atom is 0.126 e. The first-order valence-electron chi connectivity index (χ1n) is 5.11. The van der Waals surface area contributed by atoms with Crippen LogP contribution in [0.5, 0.6) is 0 Å². The molecule has 4 heteroatoms. The van der Waals surface area contributed by atoms with E-state index in [-0.39, 0.29) is 5.82 Å². The van der Waals surface area contributed by atoms with Crippen molar-refractivity contribution in [3.05, 3.63) is 41.3 Å². The predicted molar refractivity (Wildman–Crippen MR) is 61.2 cm³/mol. The minimum atomic E-state index is -0.217. The molecule has 1 aromatic carbocycles. The molecule has 0 fully saturated rings. The molecule has 0 aliphatic carbocycles. The van der Waals surface area contributed by atoms with Crippen molar-refractivity contribution in [2.45, 2.75) is 13.5 Å². The van der Waals surface area contributed by atoms with E-state index in [0.717, 1.165) is 16.8 Å². The van der Waals surface area contributed by atoms with Gasteiger partial charge in [0.1, 0.15) is 5.82 Å². The van der Waals surface area contributed by atoms with E-state index >= 15 is 0 Å². The first kappa shape index (κ1) is 10.8. The number of nitrogens with two attached hydrogens (primary N) is 1. The number of aromatic nitrogens is 2. The van der Waals surface area contributed by atoms with Crippen LogP contribution >= 0.6 is 0 Å². The Hall–Kier alpha value is -1.68. The van der Waals surface area contributed by atoms with Crippen molar-refractivity contribution in [3.8, 4) is 11.3 Å². The van der Waals surface area contributed by atoms with Crippen LogP contribution in [-0.4, -0.2) is 9.78 Å². The van der Waals surface area contributed by atoms with E-state index in [1.165, 1.54) is 6.07 Å². The highest BCUT2D eigenvalue weighted by atomic mass is 19.1. The quantitative estimate of drug-likeness (QED) is 0.839. The Morgan fingerprint density at radius 3 is 2.81 bits per heavy atom. The van der Waals surface area contributed by atoms with E-state index in [0.29, 0.717) is 12.1 Å². The average molecular weight is 219 g/mol. The van der Waals surface area contributed by atoms with Crippen LogP contribution in [0, 0.1) is 12.7 Å². The second kappa shape index (κ2) is 4.06. The number of rotatable bonds is 2. The SMILES string of the molecule is Cc1ccc(-c2nn(C)cc2CN)cc1F. The lowest BCUT2D eigenvalue weighted by Gasteiger charge is -2.02. The lowest BCUT2D eigenvalue weighted by atomic mass is 10.1. The zero-order chi connectivity index (χ0) is 11.7. The molecule has 1 aromatic heterocycles. The van der Waals surface area contributed by atoms with Gasteiger partial charge in [0.05, 0.1) is 5.69 Å². The molecule has 1 heterocycles. The van der Waals surface area contributed by atoms with Gasteiger partial charge in [0, 0.05) is 30.9 Å². The Morgan fingerprint density at radius 2 is 2.19 bits per heavy atom. The minimum absolute atomic E-state index is 0.217. The van der Waals surface area contributed by atoms with E-state index in [9.17, 15) is 4.39 Å². The maximum atomic E-state index is 13.4. The first-order chi connectivity index (χ1) is 7.61. The molecule has 0 bridgehead atoms. The first-order valence-corrected chi connectivity index (χ1v) is 5.11. The van der Waals surface area contributed by atoms with Crippen LogP contribution in [0.1, 0.15) is 11.1 Å². The standard InChI is InChI=1S/C12H14FN3/c1-8-3-4-9(5-11(8)13)12-10(6-14)7-16(2)15-12/h3-5,7H,6,14H2,1-2H3. The van der Waals surface area contributed by atoms with E-state index in [2.05, 4.69) is 5.10 Å². The number of benzene rings is 1. The third-order valence-electron chi connectivity index (χ3n) is 2.57. The fourth-order valence-electron chi connectivity index (χ4n) is 1.67. The summed E-state index contributed by atoms with van der Waals surface area (Å²) in [7, 11) is 1.83. The van der Waals surface area contributed by atoms with Crippen molar-refractivity contribution in [1.82, 2.24) is 9.78 Å². The zero-order valence-electron chi connectivity index (χ0n) is 9.37. The molecule has 2 N–H and O–H groups in total. The summed E-state index contributed by atoms with van der Waals surface area (Å²) < 4.78 is 15.1. The minimum Gasteiger partial charge on any atom is -0.326 e. The number of hydrogen-bond donors (Lipinski definition) is 1. The molecule has 0 atom stereocenters. The molecule has 0 radical (unpaired) electrons. The number of hydrogen-bond acceptors (Lipinski definition) is 2. The molecule has 0 aliphatic heterocycles. The molecule has 16 heavy (non-hydrogen) atoms. The summed E-state index contributed by atoms with van der Waals surface area (Å²) in [5, 5.41) is 4.29. The third kappa shape index (κ3) is 1.84. The molecular weight excluding hydrogens is 205 g/mol. The summed E-state index contributed by atoms with van der Waals surface area (Å²) >= 11 is 0. The van der Waals surface area contributed by atoms with Crippen molar-refractivity contribution in [2.75, 3.05) is 0 Å². The largest absolute Gasteiger partial charge is 0.326 e. The van der Waals surface area contributed by atoms with Gasteiger partial charge < -0.3 is 5.73 Å². The second-order valence-corrected chi connectivity index (χ2v) is 3.84. The fourth-order valence-corrected chi connectivity index (χ4v) is 1.67. The van der Waals surface area contributed by atoms with Gasteiger partial charge in [0.15, 0.2) is 0 Å². The third-order valence-corrected chi connectivity index (χ3v) is 2.57. The molecule has 0 amide bonds. The highest BCUT2D eigenvalue weighted by Crippen LogP contribution is 2.23. The van der Waals surface area contributed by atoms with Crippen LogP contribution in [-0.2, 0) is 13.6 Å². The lowest BCUT2D eigenvalue weighted by Crippen LogP contribution is -1.97. The molecule has 0 aliphatic rings. The number of halogens is 1. The monoisotopic (exact) mass is 219 g/mol. The molecule has 2 rings (SSSR count). The van der Waals surface area contributed by atoms with Gasteiger partial charge in [-0.1, -0.05) is 12.1 Å². The van der Waals surface area contributed by atoms with Gasteiger partial charge >= 0.3 is 0 Å². The van der Waals surface area contributed by atoms with Gasteiger partial charge in [0.2, 0.25) is 0 Å². The van der Waals surface area contributed by atoms with E-state index in [1.54, 1.807) is 17.7 Å². The average Bonchev–Trinajstić information content (AvgIpc) is 2.63. The van der Waals surface area contributed by atoms with Gasteiger partial charge in [0.25, 0.3) is 0 Å². The lowest BCUT2D eigenvalue weighted by molar-refractivity contribution is 0.619. The molecular formula is C12H14FN3. The van der Waals surface area contributed by atoms with Gasteiger partial charge in [-0.2, -0.15) is 5.10 Å². The Bertz CT molecular complexity index is 517. The van der Waals surface area contributed by atoms with E-state index < -0.39 is 0 Å². The predicted octanol–water partition coefficient (Wildman–Crippen LogP) is 1.99. The highest BCUT2D eigenvalue weighted by Gasteiger charge is 2.10. The Labute approximate surface area is 93.7 Å². The number of nitrogens with zero attached hydrogens (tertiary/aromatic N) is 2. The summed E-state index contributed by atoms with van der Waals surface area (Å²) in [6.45, 7) is 2.14. The van der Waals surface area contributed by atoms with Crippen molar-refractivity contribution < 1.29 is 4.39 Å². The van der Waals surface area contributed by atoms with Gasteiger partial charge in [-0.05, 0) is 18.6 Å². The van der Waals surface area contributed by atoms with E-state index in [1.807, 2.05) is 19.3 Å². The Kier molecular flexibility index (Phi) is 2.75. The van der Waals surface area contributed by atoms with Crippen molar-refractivity contribution in [3.63, 3.8) is 0 Å². The van der Waals surface area contributed by atoms with Crippen LogP contribution in [0.4, 0.5) is 4.39 Å². The van der Waals surface area contributed by atoms with Gasteiger partial charge in [-0.3, -0.25) is 4.68 Å². The topological polar surface area (TPSA) is 43.8 Å². The molecule has 0 unspecified atom stereocenters. The van der Waals surface area contributed by atoms with E-state index in [4.69, 9.17) is 5.73 Å².